The smallest absolute Gasteiger partial charge is 0.306 e. The van der Waals surface area contributed by atoms with Crippen LogP contribution in [0.25, 0.3) is 0 Å². The summed E-state index contributed by atoms with van der Waals surface area (Å²) < 4.78 is 43.5. The second-order valence-electron chi connectivity index (χ2n) is 16.2. The predicted octanol–water partition coefficient (Wildman–Crippen LogP) is 5.86. The van der Waals surface area contributed by atoms with Gasteiger partial charge in [0.05, 0.1) is 36.9 Å². The Kier molecular flexibility index (Phi) is 12.6. The summed E-state index contributed by atoms with van der Waals surface area (Å²) in [6.07, 6.45) is 12.9. The minimum absolute atomic E-state index is 0.0139. The van der Waals surface area contributed by atoms with E-state index in [9.17, 15) is 9.59 Å². The molecule has 0 spiro atoms. The molecular formula is C40H63NO9. The molecule has 3 saturated heterocycles. The highest BCUT2D eigenvalue weighted by Gasteiger charge is 2.51. The number of ether oxygens (including phenoxy) is 7. The standard InChI is InChI=1S/C40H63NO9/c1-9-26-11-10-12-34(50-38-16-15-33(41(5)6)23(3)46-38)22(2)39(43)32-19-30-28(31(32)20-37(42)48-26)14-13-25-17-27(18-29(25)30)49-40-36(45-8)21-35(44-7)24(4)47-40/h13-14,19,22-31,33-36,38,40H,9-12,15-18,20-21H2,1-8H3/t22-,23-,24+,25-,26+,27-,28-,29-,30-,31+,33+,34+,35-,36-,38+,40+/m1/s1. The van der Waals surface area contributed by atoms with Crippen LogP contribution in [0.3, 0.4) is 0 Å². The topological polar surface area (TPSA) is 102 Å². The molecule has 10 nitrogen and oxygen atoms in total. The van der Waals surface area contributed by atoms with Crippen LogP contribution in [0, 0.1) is 35.5 Å². The van der Waals surface area contributed by atoms with Gasteiger partial charge < -0.3 is 38.1 Å². The SMILES string of the molecule is CC[C@H]1CCC[C@H](O[C@H]2CC[C@H](N(C)C)[C@@H](C)O2)[C@@H](C)C(=O)C2=C[C@@H]3[C@@H](C=C[C@@H]4C[C@@H](O[C@@H]5O[C@@H](C)[C@H](OC)C[C@H]5OC)C[C@@H]34)[C@@H]2CC(=O)O1. The summed E-state index contributed by atoms with van der Waals surface area (Å²) in [5.74, 6) is 0.214. The second kappa shape index (κ2) is 16.6. The average molecular weight is 702 g/mol. The van der Waals surface area contributed by atoms with Crippen molar-refractivity contribution in [1.29, 1.82) is 0 Å². The third kappa shape index (κ3) is 8.12. The van der Waals surface area contributed by atoms with Gasteiger partial charge >= 0.3 is 5.97 Å². The van der Waals surface area contributed by atoms with E-state index >= 15 is 0 Å². The molecule has 282 valence electrons. The van der Waals surface area contributed by atoms with Crippen LogP contribution in [0.15, 0.2) is 23.8 Å². The Morgan fingerprint density at radius 2 is 1.62 bits per heavy atom. The molecule has 6 aliphatic rings. The number of carbonyl (C=O) groups is 2. The molecule has 0 aromatic heterocycles. The summed E-state index contributed by atoms with van der Waals surface area (Å²) in [6, 6.07) is 0.346. The molecule has 50 heavy (non-hydrogen) atoms. The van der Waals surface area contributed by atoms with E-state index in [2.05, 4.69) is 51.1 Å². The van der Waals surface area contributed by atoms with Gasteiger partial charge in [0.2, 0.25) is 0 Å². The monoisotopic (exact) mass is 701 g/mol. The number of fused-ring (bicyclic) bond motifs is 5. The van der Waals surface area contributed by atoms with Gasteiger partial charge in [0.1, 0.15) is 12.2 Å². The van der Waals surface area contributed by atoms with Gasteiger partial charge in [-0.05, 0) is 109 Å². The number of nitrogens with zero attached hydrogens (tertiary/aromatic N) is 1. The minimum Gasteiger partial charge on any atom is -0.462 e. The summed E-state index contributed by atoms with van der Waals surface area (Å²) in [5, 5.41) is 0. The number of allylic oxidation sites excluding steroid dienone is 4. The maximum atomic E-state index is 14.6. The van der Waals surface area contributed by atoms with Crippen molar-refractivity contribution in [3.63, 3.8) is 0 Å². The lowest BCUT2D eigenvalue weighted by Gasteiger charge is -2.40. The largest absolute Gasteiger partial charge is 0.462 e. The Hall–Kier alpha value is -1.66. The molecule has 0 bridgehead atoms. The summed E-state index contributed by atoms with van der Waals surface area (Å²) in [6.45, 7) is 8.23. The van der Waals surface area contributed by atoms with Crippen molar-refractivity contribution in [2.24, 2.45) is 35.5 Å². The summed E-state index contributed by atoms with van der Waals surface area (Å²) >= 11 is 0. The number of methoxy groups -OCH3 is 2. The maximum absolute atomic E-state index is 14.6. The first-order chi connectivity index (χ1) is 24.0. The normalized spacial score (nSPS) is 45.6. The van der Waals surface area contributed by atoms with Gasteiger partial charge in [-0.2, -0.15) is 0 Å². The maximum Gasteiger partial charge on any atom is 0.306 e. The van der Waals surface area contributed by atoms with Gasteiger partial charge in [0, 0.05) is 38.5 Å². The number of rotatable bonds is 8. The van der Waals surface area contributed by atoms with Gasteiger partial charge in [-0.25, -0.2) is 0 Å². The molecule has 0 radical (unpaired) electrons. The van der Waals surface area contributed by atoms with Crippen molar-refractivity contribution in [3.05, 3.63) is 23.8 Å². The summed E-state index contributed by atoms with van der Waals surface area (Å²) in [5.41, 5.74) is 0.779. The highest BCUT2D eigenvalue weighted by atomic mass is 16.7. The first-order valence-electron chi connectivity index (χ1n) is 19.5. The van der Waals surface area contributed by atoms with Gasteiger partial charge in [0.25, 0.3) is 0 Å². The van der Waals surface area contributed by atoms with Crippen LogP contribution in [-0.4, -0.2) is 106 Å². The Labute approximate surface area is 299 Å². The molecule has 10 heteroatoms. The Morgan fingerprint density at radius 1 is 0.840 bits per heavy atom. The van der Waals surface area contributed by atoms with E-state index in [1.165, 1.54) is 0 Å². The highest BCUT2D eigenvalue weighted by Crippen LogP contribution is 2.54. The number of esters is 1. The molecular weight excluding hydrogens is 638 g/mol. The fourth-order valence-electron chi connectivity index (χ4n) is 10.0. The first-order valence-corrected chi connectivity index (χ1v) is 19.5. The molecule has 4 fully saturated rings. The zero-order valence-corrected chi connectivity index (χ0v) is 31.7. The predicted molar refractivity (Wildman–Crippen MR) is 188 cm³/mol. The fraction of sp³-hybridized carbons (Fsp3) is 0.850. The van der Waals surface area contributed by atoms with Crippen molar-refractivity contribution >= 4 is 11.8 Å². The van der Waals surface area contributed by atoms with E-state index in [4.69, 9.17) is 33.2 Å². The highest BCUT2D eigenvalue weighted by molar-refractivity contribution is 5.99. The van der Waals surface area contributed by atoms with E-state index in [-0.39, 0.29) is 90.9 Å². The number of Topliss-reactive ketones (excluding diaryl/α,β-unsaturated/α-hetero) is 1. The first kappa shape index (κ1) is 38.1. The molecule has 0 amide bonds. The van der Waals surface area contributed by atoms with E-state index < -0.39 is 6.29 Å². The van der Waals surface area contributed by atoms with Crippen LogP contribution in [0.4, 0.5) is 0 Å². The number of hydrogen-bond donors (Lipinski definition) is 0. The average Bonchev–Trinajstić information content (AvgIpc) is 3.67. The molecule has 16 atom stereocenters. The zero-order valence-electron chi connectivity index (χ0n) is 31.7. The van der Waals surface area contributed by atoms with Gasteiger partial charge in [-0.3, -0.25) is 9.59 Å². The van der Waals surface area contributed by atoms with Gasteiger partial charge in [-0.1, -0.05) is 32.1 Å². The Bertz CT molecular complexity index is 1240. The third-order valence-corrected chi connectivity index (χ3v) is 13.0. The number of carbonyl (C=O) groups excluding carboxylic acids is 2. The van der Waals surface area contributed by atoms with Crippen molar-refractivity contribution in [2.45, 2.75) is 153 Å². The molecule has 3 heterocycles. The van der Waals surface area contributed by atoms with Gasteiger partial charge in [-0.15, -0.1) is 0 Å². The van der Waals surface area contributed by atoms with Crippen molar-refractivity contribution < 1.29 is 42.7 Å². The van der Waals surface area contributed by atoms with E-state index in [0.717, 1.165) is 63.4 Å². The summed E-state index contributed by atoms with van der Waals surface area (Å²) in [7, 11) is 7.59. The molecule has 6 rings (SSSR count). The van der Waals surface area contributed by atoms with E-state index in [1.54, 1.807) is 14.2 Å². The Morgan fingerprint density at radius 3 is 2.32 bits per heavy atom. The molecule has 0 aromatic rings. The lowest BCUT2D eigenvalue weighted by molar-refractivity contribution is -0.281. The number of hydrogen-bond acceptors (Lipinski definition) is 10. The number of likely N-dealkylation sites (N-methyl/N-ethyl adjacent to an activating group) is 1. The molecule has 0 unspecified atom stereocenters. The second-order valence-corrected chi connectivity index (χ2v) is 16.2. The molecule has 0 N–H and O–H groups in total. The molecule has 0 aromatic carbocycles. The summed E-state index contributed by atoms with van der Waals surface area (Å²) in [4.78, 5) is 30.3. The molecule has 3 aliphatic heterocycles. The Balaban J connectivity index is 1.20. The minimum atomic E-state index is -0.450. The number of cyclic esters (lactones) is 1. The lowest BCUT2D eigenvalue weighted by atomic mass is 9.70. The lowest BCUT2D eigenvalue weighted by Crippen LogP contribution is -2.49. The van der Waals surface area contributed by atoms with Crippen LogP contribution < -0.4 is 0 Å². The van der Waals surface area contributed by atoms with Crippen LogP contribution in [-0.2, 0) is 42.7 Å². The van der Waals surface area contributed by atoms with Crippen LogP contribution in [0.2, 0.25) is 0 Å². The van der Waals surface area contributed by atoms with E-state index in [1.807, 2.05) is 13.8 Å². The third-order valence-electron chi connectivity index (χ3n) is 13.0. The molecule has 1 saturated carbocycles. The number of ketones is 1. The van der Waals surface area contributed by atoms with Crippen LogP contribution in [0.5, 0.6) is 0 Å². The van der Waals surface area contributed by atoms with Crippen molar-refractivity contribution in [1.82, 2.24) is 4.90 Å². The fourth-order valence-corrected chi connectivity index (χ4v) is 10.0. The molecule has 3 aliphatic carbocycles. The van der Waals surface area contributed by atoms with E-state index in [0.29, 0.717) is 17.9 Å². The quantitative estimate of drug-likeness (QED) is 0.226. The van der Waals surface area contributed by atoms with Crippen LogP contribution >= 0.6 is 0 Å². The van der Waals surface area contributed by atoms with Crippen LogP contribution in [0.1, 0.15) is 91.9 Å². The van der Waals surface area contributed by atoms with Gasteiger partial charge in [0.15, 0.2) is 18.4 Å². The van der Waals surface area contributed by atoms with Crippen molar-refractivity contribution in [3.8, 4) is 0 Å². The zero-order chi connectivity index (χ0) is 35.7. The van der Waals surface area contributed by atoms with Crippen molar-refractivity contribution in [2.75, 3.05) is 28.3 Å².